The van der Waals surface area contributed by atoms with Crippen molar-refractivity contribution >= 4 is 46.3 Å². The van der Waals surface area contributed by atoms with E-state index in [9.17, 15) is 14.7 Å². The number of nitrogens with zero attached hydrogens (tertiary/aromatic N) is 1. The normalized spacial score (nSPS) is 19.2. The Morgan fingerprint density at radius 3 is 2.62 bits per heavy atom. The summed E-state index contributed by atoms with van der Waals surface area (Å²) in [4.78, 5) is 25.8. The molecule has 1 amide bonds. The van der Waals surface area contributed by atoms with Crippen LogP contribution in [-0.2, 0) is 9.59 Å². The van der Waals surface area contributed by atoms with Crippen molar-refractivity contribution in [3.63, 3.8) is 0 Å². The number of aliphatic carboxylic acids is 1. The molecule has 2 atom stereocenters. The van der Waals surface area contributed by atoms with Gasteiger partial charge in [0, 0.05) is 0 Å². The summed E-state index contributed by atoms with van der Waals surface area (Å²) in [7, 11) is 0. The van der Waals surface area contributed by atoms with Gasteiger partial charge in [-0.1, -0.05) is 86.7 Å². The van der Waals surface area contributed by atoms with Crippen molar-refractivity contribution in [3.05, 3.63) is 53.0 Å². The first kappa shape index (κ1) is 18.4. The second kappa shape index (κ2) is 8.26. The molecule has 24 heavy (non-hydrogen) atoms. The van der Waals surface area contributed by atoms with Crippen molar-refractivity contribution in [1.29, 1.82) is 0 Å². The number of rotatable bonds is 6. The summed E-state index contributed by atoms with van der Waals surface area (Å²) in [5.41, 5.74) is 1.02. The summed E-state index contributed by atoms with van der Waals surface area (Å²) in [5, 5.41) is 9.49. The van der Waals surface area contributed by atoms with E-state index in [1.54, 1.807) is 12.2 Å². The Kier molecular flexibility index (Phi) is 6.34. The highest BCUT2D eigenvalue weighted by Crippen LogP contribution is 2.34. The van der Waals surface area contributed by atoms with Gasteiger partial charge in [-0.05, 0) is 17.6 Å². The molecule has 1 N–H and O–H groups in total. The Morgan fingerprint density at radius 2 is 2.04 bits per heavy atom. The Bertz CT molecular complexity index is 697. The summed E-state index contributed by atoms with van der Waals surface area (Å²) in [6.07, 6.45) is 6.00. The molecule has 0 saturated carbocycles. The van der Waals surface area contributed by atoms with Crippen LogP contribution in [0.2, 0.25) is 0 Å². The van der Waals surface area contributed by atoms with E-state index in [4.69, 9.17) is 12.2 Å². The number of carboxylic acids is 1. The summed E-state index contributed by atoms with van der Waals surface area (Å²) in [5.74, 6) is -1.54. The lowest BCUT2D eigenvalue weighted by atomic mass is 9.98. The molecule has 1 aromatic rings. The molecule has 126 valence electrons. The van der Waals surface area contributed by atoms with Crippen molar-refractivity contribution in [1.82, 2.24) is 4.90 Å². The Hall–Kier alpha value is -1.92. The first-order chi connectivity index (χ1) is 11.5. The molecule has 1 heterocycles. The van der Waals surface area contributed by atoms with Crippen LogP contribution in [0.3, 0.4) is 0 Å². The molecular formula is C18H19NO3S2. The van der Waals surface area contributed by atoms with Crippen LogP contribution in [0.5, 0.6) is 0 Å². The van der Waals surface area contributed by atoms with Crippen molar-refractivity contribution in [3.8, 4) is 0 Å². The summed E-state index contributed by atoms with van der Waals surface area (Å²) >= 11 is 6.39. The van der Waals surface area contributed by atoms with Crippen LogP contribution in [0, 0.1) is 5.92 Å². The lowest BCUT2D eigenvalue weighted by Crippen LogP contribution is -2.47. The number of benzene rings is 1. The number of carbonyl (C=O) groups is 2. The van der Waals surface area contributed by atoms with Gasteiger partial charge in [-0.3, -0.25) is 9.69 Å². The highest BCUT2D eigenvalue weighted by atomic mass is 32.2. The third-order valence-electron chi connectivity index (χ3n) is 3.87. The summed E-state index contributed by atoms with van der Waals surface area (Å²) in [6, 6.07) is 8.79. The zero-order valence-electron chi connectivity index (χ0n) is 13.5. The van der Waals surface area contributed by atoms with E-state index < -0.39 is 12.0 Å². The molecule has 0 unspecified atom stereocenters. The van der Waals surface area contributed by atoms with Crippen LogP contribution >= 0.6 is 24.0 Å². The number of allylic oxidation sites excluding steroid dienone is 2. The maximum Gasteiger partial charge on any atom is 0.327 e. The van der Waals surface area contributed by atoms with Gasteiger partial charge in [0.15, 0.2) is 0 Å². The highest BCUT2D eigenvalue weighted by molar-refractivity contribution is 8.26. The number of hydrogen-bond donors (Lipinski definition) is 1. The van der Waals surface area contributed by atoms with Gasteiger partial charge in [-0.2, -0.15) is 0 Å². The average Bonchev–Trinajstić information content (AvgIpc) is 2.83. The Morgan fingerprint density at radius 1 is 1.38 bits per heavy atom. The molecule has 1 aromatic carbocycles. The first-order valence-electron chi connectivity index (χ1n) is 7.67. The molecule has 6 heteroatoms. The molecule has 4 nitrogen and oxygen atoms in total. The quantitative estimate of drug-likeness (QED) is 0.614. The molecule has 1 fully saturated rings. The minimum atomic E-state index is -1.03. The van der Waals surface area contributed by atoms with Gasteiger partial charge in [0.25, 0.3) is 5.91 Å². The minimum absolute atomic E-state index is 0.177. The zero-order chi connectivity index (χ0) is 17.7. The van der Waals surface area contributed by atoms with Crippen molar-refractivity contribution in [2.45, 2.75) is 26.3 Å². The average molecular weight is 361 g/mol. The predicted molar refractivity (Wildman–Crippen MR) is 101 cm³/mol. The van der Waals surface area contributed by atoms with Crippen LogP contribution in [0.1, 0.15) is 25.8 Å². The van der Waals surface area contributed by atoms with Crippen LogP contribution < -0.4 is 0 Å². The number of hydrogen-bond acceptors (Lipinski definition) is 4. The number of carbonyl (C=O) groups excluding carboxylic acids is 1. The van der Waals surface area contributed by atoms with Gasteiger partial charge in [0.2, 0.25) is 0 Å². The van der Waals surface area contributed by atoms with Crippen LogP contribution in [0.15, 0.2) is 47.4 Å². The van der Waals surface area contributed by atoms with E-state index in [1.807, 2.05) is 50.3 Å². The van der Waals surface area contributed by atoms with Gasteiger partial charge in [0.05, 0.1) is 4.91 Å². The first-order valence-corrected chi connectivity index (χ1v) is 8.89. The second-order valence-corrected chi connectivity index (χ2v) is 7.19. The molecule has 0 aromatic heterocycles. The smallest absolute Gasteiger partial charge is 0.327 e. The Balaban J connectivity index is 2.20. The van der Waals surface area contributed by atoms with Crippen LogP contribution in [0.4, 0.5) is 0 Å². The fourth-order valence-electron chi connectivity index (χ4n) is 2.38. The highest BCUT2D eigenvalue weighted by Gasteiger charge is 2.42. The lowest BCUT2D eigenvalue weighted by Gasteiger charge is -2.27. The van der Waals surface area contributed by atoms with Gasteiger partial charge in [-0.25, -0.2) is 4.79 Å². The van der Waals surface area contributed by atoms with Crippen molar-refractivity contribution in [2.75, 3.05) is 0 Å². The molecule has 0 aliphatic carbocycles. The third-order valence-corrected chi connectivity index (χ3v) is 5.22. The number of amides is 1. The molecule has 0 radical (unpaired) electrons. The van der Waals surface area contributed by atoms with Crippen LogP contribution in [-0.4, -0.2) is 32.2 Å². The molecule has 2 rings (SSSR count). The van der Waals surface area contributed by atoms with E-state index in [0.717, 1.165) is 17.3 Å². The fraction of sp³-hybridized carbons (Fsp3) is 0.278. The van der Waals surface area contributed by atoms with Gasteiger partial charge in [-0.15, -0.1) is 0 Å². The van der Waals surface area contributed by atoms with Gasteiger partial charge >= 0.3 is 5.97 Å². The molecule has 1 saturated heterocycles. The molecule has 1 aliphatic rings. The van der Waals surface area contributed by atoms with Gasteiger partial charge in [0.1, 0.15) is 10.4 Å². The van der Waals surface area contributed by atoms with E-state index in [0.29, 0.717) is 15.6 Å². The van der Waals surface area contributed by atoms with E-state index in [2.05, 4.69) is 0 Å². The standard InChI is InChI=1S/C18H19NO3S2/c1-3-12(2)15(17(21)22)19-16(20)14(24-18(19)23)11-7-10-13-8-5-4-6-9-13/h4-12,15H,3H2,1-2H3,(H,21,22)/b10-7+,14-11-/t12-,15-/m1/s1. The largest absolute Gasteiger partial charge is 0.480 e. The van der Waals surface area contributed by atoms with Crippen molar-refractivity contribution < 1.29 is 14.7 Å². The zero-order valence-corrected chi connectivity index (χ0v) is 15.1. The van der Waals surface area contributed by atoms with E-state index in [-0.39, 0.29) is 11.8 Å². The Labute approximate surface area is 151 Å². The molecule has 0 bridgehead atoms. The summed E-state index contributed by atoms with van der Waals surface area (Å²) < 4.78 is 0.298. The molecule has 0 spiro atoms. The fourth-order valence-corrected chi connectivity index (χ4v) is 3.66. The molecular weight excluding hydrogens is 342 g/mol. The van der Waals surface area contributed by atoms with Crippen molar-refractivity contribution in [2.24, 2.45) is 5.92 Å². The van der Waals surface area contributed by atoms with E-state index >= 15 is 0 Å². The van der Waals surface area contributed by atoms with E-state index in [1.165, 1.54) is 4.90 Å². The predicted octanol–water partition coefficient (Wildman–Crippen LogP) is 3.94. The monoisotopic (exact) mass is 361 g/mol. The SMILES string of the molecule is CC[C@@H](C)[C@H](C(=O)O)N1C(=O)/C(=C/C=C/c2ccccc2)SC1=S. The third kappa shape index (κ3) is 4.13. The maximum absolute atomic E-state index is 12.6. The topological polar surface area (TPSA) is 57.6 Å². The van der Waals surface area contributed by atoms with Gasteiger partial charge < -0.3 is 5.11 Å². The van der Waals surface area contributed by atoms with Crippen LogP contribution in [0.25, 0.3) is 6.08 Å². The minimum Gasteiger partial charge on any atom is -0.480 e. The maximum atomic E-state index is 12.6. The number of carboxylic acid groups (broad SMARTS) is 1. The second-order valence-electron chi connectivity index (χ2n) is 5.51. The molecule has 1 aliphatic heterocycles. The lowest BCUT2D eigenvalue weighted by molar-refractivity contribution is -0.147. The number of thioether (sulfide) groups is 1. The summed E-state index contributed by atoms with van der Waals surface area (Å²) in [6.45, 7) is 3.72. The number of thiocarbonyl (C=S) groups is 1.